The minimum Gasteiger partial charge on any atom is -0.478 e. The standard InChI is InChI=1S/C21H12ClF4N3O3/c22-13-6-3-5-12(21(24,25)26)16(13)19(30)29-15-8-10(20(31)32)9-28-18(15)17(27)11-4-1-2-7-14(11)23/h1-9,27H,(H,29,30)(H,31,32). The summed E-state index contributed by atoms with van der Waals surface area (Å²) in [5.41, 5.74) is -4.12. The van der Waals surface area contributed by atoms with Gasteiger partial charge in [0.1, 0.15) is 11.5 Å². The van der Waals surface area contributed by atoms with Gasteiger partial charge in [-0.2, -0.15) is 13.2 Å². The summed E-state index contributed by atoms with van der Waals surface area (Å²) in [6.07, 6.45) is -4.03. The highest BCUT2D eigenvalue weighted by Gasteiger charge is 2.36. The second kappa shape index (κ2) is 8.75. The van der Waals surface area contributed by atoms with E-state index in [2.05, 4.69) is 10.3 Å². The number of hydrogen-bond donors (Lipinski definition) is 3. The molecule has 0 bridgehead atoms. The van der Waals surface area contributed by atoms with Crippen molar-refractivity contribution in [2.75, 3.05) is 5.32 Å². The van der Waals surface area contributed by atoms with E-state index in [4.69, 9.17) is 17.0 Å². The highest BCUT2D eigenvalue weighted by molar-refractivity contribution is 6.34. The minimum absolute atomic E-state index is 0.215. The molecule has 1 amide bonds. The molecule has 3 rings (SSSR count). The van der Waals surface area contributed by atoms with Crippen LogP contribution in [0.25, 0.3) is 0 Å². The number of rotatable bonds is 5. The molecule has 1 heterocycles. The lowest BCUT2D eigenvalue weighted by Gasteiger charge is -2.16. The van der Waals surface area contributed by atoms with Gasteiger partial charge in [0.15, 0.2) is 0 Å². The maximum Gasteiger partial charge on any atom is 0.417 e. The monoisotopic (exact) mass is 465 g/mol. The van der Waals surface area contributed by atoms with Crippen molar-refractivity contribution in [2.45, 2.75) is 6.18 Å². The highest BCUT2D eigenvalue weighted by atomic mass is 35.5. The zero-order valence-electron chi connectivity index (χ0n) is 15.8. The lowest BCUT2D eigenvalue weighted by Crippen LogP contribution is -2.21. The first kappa shape index (κ1) is 22.9. The number of hydrogen-bond acceptors (Lipinski definition) is 4. The Balaban J connectivity index is 2.11. The maximum absolute atomic E-state index is 14.1. The molecule has 0 radical (unpaired) electrons. The Morgan fingerprint density at radius 3 is 2.41 bits per heavy atom. The van der Waals surface area contributed by atoms with Crippen molar-refractivity contribution in [3.63, 3.8) is 0 Å². The average molecular weight is 466 g/mol. The fourth-order valence-corrected chi connectivity index (χ4v) is 3.10. The molecule has 1 aromatic heterocycles. The molecule has 3 aromatic rings. The Hall–Kier alpha value is -3.79. The van der Waals surface area contributed by atoms with Crippen LogP contribution in [0.3, 0.4) is 0 Å². The first-order chi connectivity index (χ1) is 15.0. The average Bonchev–Trinajstić information content (AvgIpc) is 2.72. The molecular weight excluding hydrogens is 454 g/mol. The van der Waals surface area contributed by atoms with Crippen molar-refractivity contribution in [3.05, 3.63) is 93.5 Å². The lowest BCUT2D eigenvalue weighted by molar-refractivity contribution is -0.137. The number of aromatic carboxylic acids is 1. The first-order valence-electron chi connectivity index (χ1n) is 8.75. The zero-order chi connectivity index (χ0) is 23.6. The molecular formula is C21H12ClF4N3O3. The van der Waals surface area contributed by atoms with Crippen molar-refractivity contribution in [2.24, 2.45) is 0 Å². The van der Waals surface area contributed by atoms with Gasteiger partial charge in [0.25, 0.3) is 5.91 Å². The van der Waals surface area contributed by atoms with Crippen LogP contribution in [0.2, 0.25) is 5.02 Å². The van der Waals surface area contributed by atoms with Crippen molar-refractivity contribution < 1.29 is 32.3 Å². The summed E-state index contributed by atoms with van der Waals surface area (Å²) in [5, 5.41) is 19.1. The summed E-state index contributed by atoms with van der Waals surface area (Å²) in [7, 11) is 0. The predicted molar refractivity (Wildman–Crippen MR) is 108 cm³/mol. The Morgan fingerprint density at radius 1 is 1.09 bits per heavy atom. The fourth-order valence-electron chi connectivity index (χ4n) is 2.84. The molecule has 164 valence electrons. The fraction of sp³-hybridized carbons (Fsp3) is 0.0476. The van der Waals surface area contributed by atoms with E-state index in [-0.39, 0.29) is 11.3 Å². The molecule has 11 heteroatoms. The number of pyridine rings is 1. The number of carboxylic acids is 1. The number of nitrogens with zero attached hydrogens (tertiary/aromatic N) is 1. The molecule has 3 N–H and O–H groups in total. The molecule has 0 aliphatic rings. The summed E-state index contributed by atoms with van der Waals surface area (Å²) in [4.78, 5) is 27.9. The van der Waals surface area contributed by atoms with Crippen LogP contribution >= 0.6 is 11.6 Å². The van der Waals surface area contributed by atoms with Gasteiger partial charge in [-0.15, -0.1) is 0 Å². The van der Waals surface area contributed by atoms with E-state index in [0.29, 0.717) is 6.07 Å². The number of alkyl halides is 3. The molecule has 6 nitrogen and oxygen atoms in total. The van der Waals surface area contributed by atoms with E-state index in [1.165, 1.54) is 18.2 Å². The van der Waals surface area contributed by atoms with E-state index in [1.807, 2.05) is 0 Å². The Labute approximate surface area is 183 Å². The van der Waals surface area contributed by atoms with Gasteiger partial charge in [0.05, 0.1) is 33.1 Å². The van der Waals surface area contributed by atoms with Gasteiger partial charge in [-0.05, 0) is 30.3 Å². The van der Waals surface area contributed by atoms with E-state index >= 15 is 0 Å². The van der Waals surface area contributed by atoms with E-state index in [9.17, 15) is 32.3 Å². The van der Waals surface area contributed by atoms with Crippen LogP contribution in [0.15, 0.2) is 54.7 Å². The van der Waals surface area contributed by atoms with Crippen LogP contribution in [0.4, 0.5) is 23.2 Å². The molecule has 0 unspecified atom stereocenters. The van der Waals surface area contributed by atoms with Crippen LogP contribution in [-0.4, -0.2) is 27.7 Å². The lowest BCUT2D eigenvalue weighted by atomic mass is 10.0. The van der Waals surface area contributed by atoms with Gasteiger partial charge in [0, 0.05) is 11.8 Å². The van der Waals surface area contributed by atoms with Crippen molar-refractivity contribution >= 4 is 34.9 Å². The molecule has 32 heavy (non-hydrogen) atoms. The number of aromatic nitrogens is 1. The van der Waals surface area contributed by atoms with Crippen molar-refractivity contribution in [3.8, 4) is 0 Å². The number of carbonyl (C=O) groups excluding carboxylic acids is 1. The van der Waals surface area contributed by atoms with Gasteiger partial charge in [0.2, 0.25) is 0 Å². The van der Waals surface area contributed by atoms with Gasteiger partial charge in [-0.1, -0.05) is 29.8 Å². The summed E-state index contributed by atoms with van der Waals surface area (Å²) in [6, 6.07) is 8.83. The largest absolute Gasteiger partial charge is 0.478 e. The number of halogens is 5. The predicted octanol–water partition coefficient (Wildman–Crippen LogP) is 5.26. The molecule has 0 saturated heterocycles. The van der Waals surface area contributed by atoms with E-state index < -0.39 is 57.0 Å². The zero-order valence-corrected chi connectivity index (χ0v) is 16.6. The van der Waals surface area contributed by atoms with Gasteiger partial charge < -0.3 is 10.4 Å². The summed E-state index contributed by atoms with van der Waals surface area (Å²) >= 11 is 5.83. The van der Waals surface area contributed by atoms with Crippen molar-refractivity contribution in [1.82, 2.24) is 4.98 Å². The van der Waals surface area contributed by atoms with Crippen LogP contribution < -0.4 is 5.32 Å². The summed E-state index contributed by atoms with van der Waals surface area (Å²) in [5.74, 6) is -3.54. The topological polar surface area (TPSA) is 103 Å². The summed E-state index contributed by atoms with van der Waals surface area (Å²) in [6.45, 7) is 0. The smallest absolute Gasteiger partial charge is 0.417 e. The SMILES string of the molecule is N=C(c1ccccc1F)c1ncc(C(=O)O)cc1NC(=O)c1c(Cl)cccc1C(F)(F)F. The number of amides is 1. The van der Waals surface area contributed by atoms with E-state index in [0.717, 1.165) is 30.5 Å². The van der Waals surface area contributed by atoms with Gasteiger partial charge >= 0.3 is 12.1 Å². The van der Waals surface area contributed by atoms with Gasteiger partial charge in [-0.25, -0.2) is 9.18 Å². The van der Waals surface area contributed by atoms with Crippen LogP contribution in [0.5, 0.6) is 0 Å². The van der Waals surface area contributed by atoms with E-state index in [1.54, 1.807) is 0 Å². The van der Waals surface area contributed by atoms with Crippen molar-refractivity contribution in [1.29, 1.82) is 5.41 Å². The molecule has 0 aliphatic carbocycles. The third kappa shape index (κ3) is 4.59. The molecule has 0 saturated carbocycles. The first-order valence-corrected chi connectivity index (χ1v) is 9.12. The Morgan fingerprint density at radius 2 is 1.78 bits per heavy atom. The van der Waals surface area contributed by atoms with Crippen LogP contribution in [-0.2, 0) is 6.18 Å². The minimum atomic E-state index is -4.90. The number of carboxylic acid groups (broad SMARTS) is 1. The third-order valence-corrected chi connectivity index (χ3v) is 4.62. The highest BCUT2D eigenvalue weighted by Crippen LogP contribution is 2.35. The molecule has 0 fully saturated rings. The number of anilines is 1. The normalized spacial score (nSPS) is 11.2. The third-order valence-electron chi connectivity index (χ3n) is 4.31. The Bertz CT molecular complexity index is 1250. The molecule has 0 aliphatic heterocycles. The maximum atomic E-state index is 14.1. The molecule has 2 aromatic carbocycles. The van der Waals surface area contributed by atoms with Crippen LogP contribution in [0, 0.1) is 11.2 Å². The number of benzene rings is 2. The second-order valence-electron chi connectivity index (χ2n) is 6.39. The van der Waals surface area contributed by atoms with Crippen LogP contribution in [0.1, 0.15) is 37.5 Å². The molecule has 0 spiro atoms. The quantitative estimate of drug-likeness (QED) is 0.353. The number of carbonyl (C=O) groups is 2. The van der Waals surface area contributed by atoms with Gasteiger partial charge in [-0.3, -0.25) is 15.2 Å². The second-order valence-corrected chi connectivity index (χ2v) is 6.80. The number of nitrogens with one attached hydrogen (secondary N) is 2. The molecule has 0 atom stereocenters. The Kier molecular flexibility index (Phi) is 6.26. The summed E-state index contributed by atoms with van der Waals surface area (Å²) < 4.78 is 54.2.